The van der Waals surface area contributed by atoms with Crippen LogP contribution in [0, 0.1) is 0 Å². The van der Waals surface area contributed by atoms with Gasteiger partial charge in [-0.15, -0.1) is 0 Å². The Morgan fingerprint density at radius 2 is 1.69 bits per heavy atom. The van der Waals surface area contributed by atoms with Gasteiger partial charge in [0.2, 0.25) is 0 Å². The van der Waals surface area contributed by atoms with Crippen molar-refractivity contribution in [2.45, 2.75) is 44.6 Å². The van der Waals surface area contributed by atoms with E-state index >= 15 is 0 Å². The van der Waals surface area contributed by atoms with Gasteiger partial charge in [0.1, 0.15) is 0 Å². The van der Waals surface area contributed by atoms with E-state index in [2.05, 4.69) is 36.1 Å². The second-order valence-electron chi connectivity index (χ2n) is 7.32. The number of nitrogens with zero attached hydrogens (tertiary/aromatic N) is 1. The van der Waals surface area contributed by atoms with Crippen LogP contribution in [-0.2, 0) is 12.0 Å². The maximum absolute atomic E-state index is 12.2. The fourth-order valence-corrected chi connectivity index (χ4v) is 3.72. The van der Waals surface area contributed by atoms with Crippen molar-refractivity contribution in [3.63, 3.8) is 0 Å². The van der Waals surface area contributed by atoms with Gasteiger partial charge in [-0.1, -0.05) is 61.5 Å². The average molecular weight is 351 g/mol. The lowest BCUT2D eigenvalue weighted by atomic mass is 9.84. The lowest BCUT2D eigenvalue weighted by Crippen LogP contribution is -2.42. The number of piperidine rings is 1. The van der Waals surface area contributed by atoms with Crippen LogP contribution in [0.15, 0.2) is 54.6 Å². The zero-order valence-electron chi connectivity index (χ0n) is 15.7. The molecule has 0 amide bonds. The number of aliphatic hydroxyl groups is 1. The molecule has 0 unspecified atom stereocenters. The third-order valence-electron chi connectivity index (χ3n) is 5.56. The molecule has 3 nitrogen and oxygen atoms in total. The Bertz CT molecular complexity index is 701. The quantitative estimate of drug-likeness (QED) is 0.760. The van der Waals surface area contributed by atoms with Crippen molar-refractivity contribution in [3.8, 4) is 0 Å². The molecule has 0 saturated carbocycles. The lowest BCUT2D eigenvalue weighted by Gasteiger charge is -2.38. The van der Waals surface area contributed by atoms with Crippen LogP contribution in [0.5, 0.6) is 0 Å². The molecule has 138 valence electrons. The van der Waals surface area contributed by atoms with E-state index in [-0.39, 0.29) is 5.78 Å². The van der Waals surface area contributed by atoms with Crippen molar-refractivity contribution < 1.29 is 9.90 Å². The van der Waals surface area contributed by atoms with E-state index in [1.54, 1.807) is 0 Å². The van der Waals surface area contributed by atoms with Gasteiger partial charge in [0, 0.05) is 25.1 Å². The molecule has 26 heavy (non-hydrogen) atoms. The summed E-state index contributed by atoms with van der Waals surface area (Å²) in [6, 6.07) is 17.9. The van der Waals surface area contributed by atoms with Crippen molar-refractivity contribution in [3.05, 3.63) is 71.3 Å². The lowest BCUT2D eigenvalue weighted by molar-refractivity contribution is -0.0260. The number of hydrogen-bond donors (Lipinski definition) is 1. The number of carbonyl (C=O) groups excluding carboxylic acids is 1. The smallest absolute Gasteiger partial charge is 0.162 e. The monoisotopic (exact) mass is 351 g/mol. The Morgan fingerprint density at radius 1 is 1.04 bits per heavy atom. The topological polar surface area (TPSA) is 40.5 Å². The number of carbonyl (C=O) groups is 1. The molecular formula is C23H29NO2. The van der Waals surface area contributed by atoms with Gasteiger partial charge in [-0.3, -0.25) is 4.79 Å². The Labute approximate surface area is 156 Å². The molecule has 1 saturated heterocycles. The minimum absolute atomic E-state index is 0.218. The fourth-order valence-electron chi connectivity index (χ4n) is 3.72. The maximum Gasteiger partial charge on any atom is 0.162 e. The summed E-state index contributed by atoms with van der Waals surface area (Å²) in [5.41, 5.74) is 2.44. The number of hydrogen-bond acceptors (Lipinski definition) is 3. The standard InChI is InChI=1S/C23H29NO2/c1-2-19-10-12-21(13-11-19)23(26)14-17-24(18-15-23)16-6-9-22(25)20-7-4-3-5-8-20/h3-5,7-8,10-13,26H,2,6,9,14-18H2,1H3. The van der Waals surface area contributed by atoms with E-state index in [4.69, 9.17) is 0 Å². The second kappa shape index (κ2) is 8.61. The number of rotatable bonds is 7. The first-order valence-corrected chi connectivity index (χ1v) is 9.73. The number of Topliss-reactive ketones (excluding diaryl/α,β-unsaturated/α-hetero) is 1. The van der Waals surface area contributed by atoms with E-state index < -0.39 is 5.60 Å². The number of benzene rings is 2. The van der Waals surface area contributed by atoms with Crippen LogP contribution in [0.2, 0.25) is 0 Å². The molecule has 0 aliphatic carbocycles. The van der Waals surface area contributed by atoms with Gasteiger partial charge in [0.05, 0.1) is 5.60 Å². The molecule has 1 aliphatic rings. The van der Waals surface area contributed by atoms with Gasteiger partial charge in [-0.05, 0) is 43.4 Å². The van der Waals surface area contributed by atoms with Gasteiger partial charge in [-0.2, -0.15) is 0 Å². The Hall–Kier alpha value is -1.97. The van der Waals surface area contributed by atoms with Crippen molar-refractivity contribution in [1.82, 2.24) is 4.90 Å². The molecule has 1 N–H and O–H groups in total. The molecule has 1 aliphatic heterocycles. The van der Waals surface area contributed by atoms with Crippen LogP contribution in [-0.4, -0.2) is 35.4 Å². The van der Waals surface area contributed by atoms with Crippen LogP contribution in [0.1, 0.15) is 54.1 Å². The SMILES string of the molecule is CCc1ccc(C2(O)CCN(CCCC(=O)c3ccccc3)CC2)cc1. The zero-order chi connectivity index (χ0) is 18.4. The molecule has 3 rings (SSSR count). The second-order valence-corrected chi connectivity index (χ2v) is 7.32. The molecule has 1 heterocycles. The predicted octanol–water partition coefficient (Wildman–Crippen LogP) is 4.20. The molecule has 2 aromatic carbocycles. The summed E-state index contributed by atoms with van der Waals surface area (Å²) in [4.78, 5) is 14.5. The van der Waals surface area contributed by atoms with Crippen molar-refractivity contribution in [1.29, 1.82) is 0 Å². The Kier molecular flexibility index (Phi) is 6.23. The first-order valence-electron chi connectivity index (χ1n) is 9.73. The minimum Gasteiger partial charge on any atom is -0.385 e. The average Bonchev–Trinajstić information content (AvgIpc) is 2.70. The van der Waals surface area contributed by atoms with Gasteiger partial charge in [-0.25, -0.2) is 0 Å². The summed E-state index contributed by atoms with van der Waals surface area (Å²) in [6.07, 6.45) is 3.99. The van der Waals surface area contributed by atoms with E-state index in [1.807, 2.05) is 30.3 Å². The highest BCUT2D eigenvalue weighted by molar-refractivity contribution is 5.95. The summed E-state index contributed by atoms with van der Waals surface area (Å²) >= 11 is 0. The third-order valence-corrected chi connectivity index (χ3v) is 5.56. The molecule has 0 radical (unpaired) electrons. The Morgan fingerprint density at radius 3 is 2.31 bits per heavy atom. The van der Waals surface area contributed by atoms with Crippen molar-refractivity contribution >= 4 is 5.78 Å². The largest absolute Gasteiger partial charge is 0.385 e. The van der Waals surface area contributed by atoms with Gasteiger partial charge >= 0.3 is 0 Å². The summed E-state index contributed by atoms with van der Waals surface area (Å²) in [5.74, 6) is 0.218. The molecule has 0 bridgehead atoms. The highest BCUT2D eigenvalue weighted by atomic mass is 16.3. The minimum atomic E-state index is -0.706. The van der Waals surface area contributed by atoms with Crippen molar-refractivity contribution in [2.24, 2.45) is 0 Å². The van der Waals surface area contributed by atoms with Gasteiger partial charge in [0.15, 0.2) is 5.78 Å². The Balaban J connectivity index is 1.45. The number of ketones is 1. The highest BCUT2D eigenvalue weighted by Crippen LogP contribution is 2.33. The third kappa shape index (κ3) is 4.60. The van der Waals surface area contributed by atoms with Crippen LogP contribution in [0.3, 0.4) is 0 Å². The van der Waals surface area contributed by atoms with E-state index in [0.717, 1.165) is 56.4 Å². The number of aryl methyl sites for hydroxylation is 1. The molecule has 0 atom stereocenters. The summed E-state index contributed by atoms with van der Waals surface area (Å²) in [7, 11) is 0. The van der Waals surface area contributed by atoms with Crippen LogP contribution >= 0.6 is 0 Å². The van der Waals surface area contributed by atoms with Gasteiger partial charge < -0.3 is 10.0 Å². The van der Waals surface area contributed by atoms with Crippen LogP contribution < -0.4 is 0 Å². The molecule has 0 spiro atoms. The predicted molar refractivity (Wildman–Crippen MR) is 105 cm³/mol. The zero-order valence-corrected chi connectivity index (χ0v) is 15.7. The molecule has 1 fully saturated rings. The summed E-state index contributed by atoms with van der Waals surface area (Å²) in [5, 5.41) is 11.0. The van der Waals surface area contributed by atoms with Crippen LogP contribution in [0.4, 0.5) is 0 Å². The van der Waals surface area contributed by atoms with E-state index in [9.17, 15) is 9.90 Å². The molecule has 0 aromatic heterocycles. The fraction of sp³-hybridized carbons (Fsp3) is 0.435. The maximum atomic E-state index is 12.2. The normalized spacial score (nSPS) is 17.2. The summed E-state index contributed by atoms with van der Waals surface area (Å²) in [6.45, 7) is 4.82. The molecule has 3 heteroatoms. The molecule has 2 aromatic rings. The summed E-state index contributed by atoms with van der Waals surface area (Å²) < 4.78 is 0. The first kappa shape index (κ1) is 18.8. The van der Waals surface area contributed by atoms with E-state index in [0.29, 0.717) is 6.42 Å². The highest BCUT2D eigenvalue weighted by Gasteiger charge is 2.33. The van der Waals surface area contributed by atoms with Crippen molar-refractivity contribution in [2.75, 3.05) is 19.6 Å². The molecular weight excluding hydrogens is 322 g/mol. The number of likely N-dealkylation sites (tertiary alicyclic amines) is 1. The first-order chi connectivity index (χ1) is 12.6. The van der Waals surface area contributed by atoms with Crippen LogP contribution in [0.25, 0.3) is 0 Å². The van der Waals surface area contributed by atoms with Gasteiger partial charge in [0.25, 0.3) is 0 Å². The van der Waals surface area contributed by atoms with E-state index in [1.165, 1.54) is 5.56 Å².